The van der Waals surface area contributed by atoms with Gasteiger partial charge in [-0.25, -0.2) is 9.13 Å². The minimum absolute atomic E-state index is 0.508. The Balaban J connectivity index is 0.848. The molecule has 10 heteroatoms. The van der Waals surface area contributed by atoms with Gasteiger partial charge in [-0.1, -0.05) is 36.4 Å². The van der Waals surface area contributed by atoms with Gasteiger partial charge in [-0.2, -0.15) is 0 Å². The molecule has 2 aliphatic rings. The maximum absolute atomic E-state index is 6.07. The molecule has 0 N–H and O–H groups in total. The van der Waals surface area contributed by atoms with Crippen LogP contribution in [0.25, 0.3) is 45.8 Å². The summed E-state index contributed by atoms with van der Waals surface area (Å²) in [5.41, 5.74) is 10.3. The van der Waals surface area contributed by atoms with Gasteiger partial charge in [0.25, 0.3) is 0 Å². The molecule has 6 aromatic rings. The van der Waals surface area contributed by atoms with E-state index in [9.17, 15) is 0 Å². The molecule has 6 heterocycles. The number of quaternary nitrogens is 2. The van der Waals surface area contributed by atoms with Gasteiger partial charge in [0.2, 0.25) is 11.2 Å². The highest BCUT2D eigenvalue weighted by atomic mass is 16.4. The Hall–Kier alpha value is -5.84. The molecule has 4 aromatic heterocycles. The molecule has 0 aliphatic carbocycles. The van der Waals surface area contributed by atoms with Crippen molar-refractivity contribution in [2.45, 2.75) is 25.8 Å². The van der Waals surface area contributed by atoms with Crippen LogP contribution in [0.5, 0.6) is 0 Å². The van der Waals surface area contributed by atoms with Crippen LogP contribution in [0.3, 0.4) is 0 Å². The van der Waals surface area contributed by atoms with Crippen molar-refractivity contribution in [1.82, 2.24) is 9.97 Å². The van der Waals surface area contributed by atoms with E-state index in [1.807, 2.05) is 72.0 Å². The monoisotopic (exact) mass is 764 g/mol. The van der Waals surface area contributed by atoms with E-state index in [-0.39, 0.29) is 0 Å². The standard InChI is InChI=1S/C47H56N8O2/c1-35(55(6,7)31-15-27-53-29-23-37(39-17-9-11-19-41(39)53)33-45-49-47-43(57-45)21-13-25-51(47)3)34-54(4,5)30-14-26-52-28-22-36(38-16-8-10-18-40(38)52)32-44-48-46-42(56-44)20-12-24-50(46)2/h8-13,16-25,28-29,32-33,35H,14-15,26-27,30-31,34H2,1-7H3/q+4. The van der Waals surface area contributed by atoms with Crippen molar-refractivity contribution in [3.8, 4) is 0 Å². The summed E-state index contributed by atoms with van der Waals surface area (Å²) in [6.07, 6.45) is 19.1. The van der Waals surface area contributed by atoms with Crippen molar-refractivity contribution in [2.75, 3.05) is 70.7 Å². The van der Waals surface area contributed by atoms with E-state index in [0.717, 1.165) is 88.1 Å². The highest BCUT2D eigenvalue weighted by molar-refractivity contribution is 5.95. The lowest BCUT2D eigenvalue weighted by atomic mass is 9.99. The number of aromatic nitrogens is 4. The number of oxazole rings is 2. The second kappa shape index (κ2) is 15.6. The van der Waals surface area contributed by atoms with Crippen molar-refractivity contribution in [3.63, 3.8) is 0 Å². The molecule has 1 unspecified atom stereocenters. The third-order valence-electron chi connectivity index (χ3n) is 11.8. The molecule has 0 fully saturated rings. The molecule has 57 heavy (non-hydrogen) atoms. The van der Waals surface area contributed by atoms with E-state index < -0.39 is 0 Å². The van der Waals surface area contributed by atoms with Gasteiger partial charge in [-0.15, -0.1) is 0 Å². The fraction of sp³-hybridized carbons (Fsp3) is 0.319. The summed E-state index contributed by atoms with van der Waals surface area (Å²) in [5.74, 6) is 1.24. The highest BCUT2D eigenvalue weighted by Crippen LogP contribution is 2.36. The van der Waals surface area contributed by atoms with E-state index in [1.54, 1.807) is 0 Å². The van der Waals surface area contributed by atoms with Crippen LogP contribution in [0, 0.1) is 0 Å². The lowest BCUT2D eigenvalue weighted by molar-refractivity contribution is -0.963. The van der Waals surface area contributed by atoms with Gasteiger partial charge < -0.3 is 27.6 Å². The van der Waals surface area contributed by atoms with Crippen LogP contribution in [0.15, 0.2) is 119 Å². The molecule has 0 saturated heterocycles. The largest absolute Gasteiger partial charge is 0.411 e. The Bertz CT molecular complexity index is 2540. The minimum atomic E-state index is 0.508. The molecular weight excluding hydrogens is 709 g/mol. The number of hydrogen-bond acceptors (Lipinski definition) is 6. The number of rotatable bonds is 13. The molecule has 1 atom stereocenters. The molecule has 8 rings (SSSR count). The molecule has 0 spiro atoms. The van der Waals surface area contributed by atoms with E-state index in [0.29, 0.717) is 17.8 Å². The average molecular weight is 765 g/mol. The van der Waals surface area contributed by atoms with E-state index in [4.69, 9.17) is 18.8 Å². The first kappa shape index (κ1) is 38.1. The molecular formula is C47H56N8O2+4. The van der Waals surface area contributed by atoms with Gasteiger partial charge in [0.15, 0.2) is 0 Å². The summed E-state index contributed by atoms with van der Waals surface area (Å²) in [6, 6.07) is 25.7. The SMILES string of the molecule is CC(C[N+](C)(C)CCCN1C=C/C(=C\c2nc3c(ccc[n+]3C)o2)c2ccccc21)[N+](C)(C)CCCN1C=C/C(=C\c2nc3c(ccc[n+]3C)o2)c2ccccc21. The predicted molar refractivity (Wildman–Crippen MR) is 229 cm³/mol. The number of nitrogens with zero attached hydrogens (tertiary/aromatic N) is 8. The van der Waals surface area contributed by atoms with Crippen LogP contribution >= 0.6 is 0 Å². The van der Waals surface area contributed by atoms with Gasteiger partial charge in [-0.3, -0.25) is 0 Å². The second-order valence-corrected chi connectivity index (χ2v) is 16.9. The van der Waals surface area contributed by atoms with E-state index in [2.05, 4.69) is 118 Å². The smallest absolute Gasteiger partial charge is 0.370 e. The Kier molecular flexibility index (Phi) is 10.4. The zero-order valence-electron chi connectivity index (χ0n) is 34.5. The van der Waals surface area contributed by atoms with E-state index in [1.165, 1.54) is 22.5 Å². The summed E-state index contributed by atoms with van der Waals surface area (Å²) < 4.78 is 18.1. The maximum atomic E-state index is 6.07. The number of fused-ring (bicyclic) bond motifs is 4. The summed E-state index contributed by atoms with van der Waals surface area (Å²) in [5, 5.41) is 0. The Morgan fingerprint density at radius 3 is 1.61 bits per heavy atom. The molecule has 0 bridgehead atoms. The third kappa shape index (κ3) is 8.19. The van der Waals surface area contributed by atoms with Crippen LogP contribution in [0.2, 0.25) is 0 Å². The molecule has 0 amide bonds. The van der Waals surface area contributed by atoms with Crippen molar-refractivity contribution in [3.05, 3.63) is 133 Å². The van der Waals surface area contributed by atoms with Gasteiger partial charge in [-0.05, 0) is 66.6 Å². The molecule has 2 aliphatic heterocycles. The molecule has 2 aromatic carbocycles. The molecule has 10 nitrogen and oxygen atoms in total. The fourth-order valence-electron chi connectivity index (χ4n) is 8.28. The van der Waals surface area contributed by atoms with Crippen LogP contribution in [0.4, 0.5) is 11.4 Å². The fourth-order valence-corrected chi connectivity index (χ4v) is 8.28. The number of pyridine rings is 2. The van der Waals surface area contributed by atoms with Crippen molar-refractivity contribution >= 4 is 57.1 Å². The summed E-state index contributed by atoms with van der Waals surface area (Å²) >= 11 is 0. The quantitative estimate of drug-likeness (QED) is 0.0904. The second-order valence-electron chi connectivity index (χ2n) is 16.9. The maximum Gasteiger partial charge on any atom is 0.370 e. The minimum Gasteiger partial charge on any atom is -0.411 e. The summed E-state index contributed by atoms with van der Waals surface area (Å²) in [4.78, 5) is 14.3. The first-order valence-corrected chi connectivity index (χ1v) is 20.1. The Morgan fingerprint density at radius 2 is 1.12 bits per heavy atom. The molecule has 292 valence electrons. The first-order valence-electron chi connectivity index (χ1n) is 20.1. The lowest BCUT2D eigenvalue weighted by Crippen LogP contribution is -2.57. The number of allylic oxidation sites excluding steroid dienone is 4. The van der Waals surface area contributed by atoms with E-state index >= 15 is 0 Å². The first-order chi connectivity index (χ1) is 27.4. The van der Waals surface area contributed by atoms with Gasteiger partial charge in [0, 0.05) is 83.0 Å². The highest BCUT2D eigenvalue weighted by Gasteiger charge is 2.31. The topological polar surface area (TPSA) is 66.3 Å². The molecule has 0 saturated carbocycles. The van der Waals surface area contributed by atoms with Gasteiger partial charge >= 0.3 is 23.1 Å². The summed E-state index contributed by atoms with van der Waals surface area (Å²) in [6.45, 7) is 7.66. The van der Waals surface area contributed by atoms with Crippen molar-refractivity contribution in [2.24, 2.45) is 14.1 Å². The predicted octanol–water partition coefficient (Wildman–Crippen LogP) is 7.39. The number of likely N-dealkylation sites (N-methyl/N-ethyl adjacent to an activating group) is 2. The van der Waals surface area contributed by atoms with Gasteiger partial charge in [0.05, 0.1) is 67.8 Å². The number of aryl methyl sites for hydroxylation is 2. The Morgan fingerprint density at radius 1 is 0.649 bits per heavy atom. The zero-order chi connectivity index (χ0) is 39.7. The average Bonchev–Trinajstić information content (AvgIpc) is 3.81. The lowest BCUT2D eigenvalue weighted by Gasteiger charge is -2.41. The third-order valence-corrected chi connectivity index (χ3v) is 11.8. The van der Waals surface area contributed by atoms with Crippen molar-refractivity contribution in [1.29, 1.82) is 0 Å². The van der Waals surface area contributed by atoms with Crippen LogP contribution in [-0.4, -0.2) is 85.9 Å². The summed E-state index contributed by atoms with van der Waals surface area (Å²) in [7, 11) is 13.5. The Labute approximate surface area is 336 Å². The van der Waals surface area contributed by atoms with Crippen LogP contribution < -0.4 is 18.9 Å². The van der Waals surface area contributed by atoms with Gasteiger partial charge in [0.1, 0.15) is 12.6 Å². The number of benzene rings is 2. The van der Waals surface area contributed by atoms with Crippen LogP contribution in [0.1, 0.15) is 42.7 Å². The normalized spacial score (nSPS) is 16.3. The number of anilines is 2. The number of para-hydroxylation sites is 2. The zero-order valence-corrected chi connectivity index (χ0v) is 34.5. The number of hydrogen-bond donors (Lipinski definition) is 0. The molecule has 0 radical (unpaired) electrons. The van der Waals surface area contributed by atoms with Crippen molar-refractivity contribution < 1.29 is 26.9 Å². The van der Waals surface area contributed by atoms with Crippen LogP contribution in [-0.2, 0) is 14.1 Å².